The lowest BCUT2D eigenvalue weighted by atomic mass is 10.2. The van der Waals surface area contributed by atoms with Gasteiger partial charge in [-0.25, -0.2) is 13.4 Å². The molecule has 1 fully saturated rings. The Kier molecular flexibility index (Phi) is 5.99. The number of nitrogens with one attached hydrogen (secondary N) is 1. The van der Waals surface area contributed by atoms with E-state index in [0.29, 0.717) is 34.0 Å². The molecule has 1 saturated heterocycles. The van der Waals surface area contributed by atoms with Gasteiger partial charge >= 0.3 is 0 Å². The number of carbonyl (C=O) groups is 1. The van der Waals surface area contributed by atoms with Crippen LogP contribution in [0.5, 0.6) is 0 Å². The number of amides is 1. The van der Waals surface area contributed by atoms with Crippen molar-refractivity contribution < 1.29 is 18.1 Å². The Morgan fingerprint density at radius 1 is 1.06 bits per heavy atom. The third-order valence-electron chi connectivity index (χ3n) is 5.12. The molecule has 0 unspecified atom stereocenters. The highest BCUT2D eigenvalue weighted by Gasteiger charge is 2.25. The van der Waals surface area contributed by atoms with Gasteiger partial charge < -0.3 is 0 Å². The lowest BCUT2D eigenvalue weighted by Crippen LogP contribution is -2.31. The molecular formula is C20H20N4O5S2. The normalized spacial score (nSPS) is 15.5. The molecule has 162 valence electrons. The van der Waals surface area contributed by atoms with Gasteiger partial charge in [-0.3, -0.25) is 20.2 Å². The fourth-order valence-electron chi connectivity index (χ4n) is 3.46. The third kappa shape index (κ3) is 4.58. The van der Waals surface area contributed by atoms with Crippen molar-refractivity contribution in [1.29, 1.82) is 0 Å². The number of sulfonamides is 1. The Morgan fingerprint density at radius 3 is 2.39 bits per heavy atom. The number of aromatic nitrogens is 1. The summed E-state index contributed by atoms with van der Waals surface area (Å²) < 4.78 is 27.9. The molecule has 1 aliphatic heterocycles. The lowest BCUT2D eigenvalue weighted by Gasteiger charge is -2.20. The van der Waals surface area contributed by atoms with Crippen molar-refractivity contribution in [2.45, 2.75) is 30.6 Å². The fourth-order valence-corrected chi connectivity index (χ4v) is 5.82. The van der Waals surface area contributed by atoms with E-state index in [4.69, 9.17) is 0 Å². The summed E-state index contributed by atoms with van der Waals surface area (Å²) in [6, 6.07) is 10.1. The van der Waals surface area contributed by atoms with E-state index in [-0.39, 0.29) is 10.6 Å². The Labute approximate surface area is 182 Å². The van der Waals surface area contributed by atoms with Gasteiger partial charge in [0, 0.05) is 30.8 Å². The SMILES string of the molecule is O=C(Nc1nc2cc([N+](=O)[O-])ccc2s1)c1ccc(S(=O)(=O)N2CCCCCC2)cc1. The van der Waals surface area contributed by atoms with Gasteiger partial charge in [-0.15, -0.1) is 0 Å². The molecule has 31 heavy (non-hydrogen) atoms. The quantitative estimate of drug-likeness (QED) is 0.453. The van der Waals surface area contributed by atoms with Crippen molar-refractivity contribution in [2.75, 3.05) is 18.4 Å². The van der Waals surface area contributed by atoms with Crippen LogP contribution in [-0.4, -0.2) is 41.6 Å². The number of nitrogens with zero attached hydrogens (tertiary/aromatic N) is 3. The van der Waals surface area contributed by atoms with Crippen LogP contribution in [-0.2, 0) is 10.0 Å². The predicted molar refractivity (Wildman–Crippen MR) is 118 cm³/mol. The molecule has 3 aromatic rings. The van der Waals surface area contributed by atoms with Gasteiger partial charge in [0.25, 0.3) is 11.6 Å². The van der Waals surface area contributed by atoms with E-state index in [1.165, 1.54) is 52.0 Å². The van der Waals surface area contributed by atoms with Gasteiger partial charge in [-0.05, 0) is 43.2 Å². The number of rotatable bonds is 5. The maximum Gasteiger partial charge on any atom is 0.271 e. The summed E-state index contributed by atoms with van der Waals surface area (Å²) in [5.74, 6) is -0.438. The molecule has 1 aromatic heterocycles. The van der Waals surface area contributed by atoms with Crippen LogP contribution in [0, 0.1) is 10.1 Å². The molecular weight excluding hydrogens is 440 g/mol. The summed E-state index contributed by atoms with van der Waals surface area (Å²) in [5.41, 5.74) is 0.644. The number of benzene rings is 2. The van der Waals surface area contributed by atoms with Gasteiger partial charge in [-0.1, -0.05) is 24.2 Å². The van der Waals surface area contributed by atoms with Crippen molar-refractivity contribution in [1.82, 2.24) is 9.29 Å². The summed E-state index contributed by atoms with van der Waals surface area (Å²) in [7, 11) is -3.58. The molecule has 0 aliphatic carbocycles. The van der Waals surface area contributed by atoms with Gasteiger partial charge in [0.15, 0.2) is 5.13 Å². The van der Waals surface area contributed by atoms with E-state index >= 15 is 0 Å². The van der Waals surface area contributed by atoms with Gasteiger partial charge in [0.1, 0.15) is 0 Å². The van der Waals surface area contributed by atoms with E-state index < -0.39 is 20.9 Å². The Morgan fingerprint density at radius 2 is 1.74 bits per heavy atom. The molecule has 0 atom stereocenters. The first-order valence-electron chi connectivity index (χ1n) is 9.81. The summed E-state index contributed by atoms with van der Waals surface area (Å²) in [6.07, 6.45) is 3.77. The zero-order valence-corrected chi connectivity index (χ0v) is 18.1. The standard InChI is InChI=1S/C20H20N4O5S2/c25-19(22-20-21-17-13-15(24(26)27)7-10-18(17)30-20)14-5-8-16(9-6-14)31(28,29)23-11-3-1-2-4-12-23/h5-10,13H,1-4,11-12H2,(H,21,22,25). The first-order chi connectivity index (χ1) is 14.8. The average Bonchev–Trinajstić information content (AvgIpc) is 2.95. The first-order valence-corrected chi connectivity index (χ1v) is 12.1. The van der Waals surface area contributed by atoms with Crippen LogP contribution in [0.3, 0.4) is 0 Å². The van der Waals surface area contributed by atoms with E-state index in [0.717, 1.165) is 25.7 Å². The maximum absolute atomic E-state index is 12.9. The Balaban J connectivity index is 1.49. The van der Waals surface area contributed by atoms with Crippen LogP contribution >= 0.6 is 11.3 Å². The van der Waals surface area contributed by atoms with Crippen LogP contribution in [0.4, 0.5) is 10.8 Å². The minimum Gasteiger partial charge on any atom is -0.298 e. The topological polar surface area (TPSA) is 123 Å². The molecule has 4 rings (SSSR count). The Hall–Kier alpha value is -2.89. The van der Waals surface area contributed by atoms with Crippen LogP contribution in [0.25, 0.3) is 10.2 Å². The minimum absolute atomic E-state index is 0.0723. The highest BCUT2D eigenvalue weighted by molar-refractivity contribution is 7.89. The zero-order chi connectivity index (χ0) is 22.0. The highest BCUT2D eigenvalue weighted by Crippen LogP contribution is 2.29. The lowest BCUT2D eigenvalue weighted by molar-refractivity contribution is -0.384. The molecule has 0 spiro atoms. The molecule has 1 amide bonds. The van der Waals surface area contributed by atoms with Crippen molar-refractivity contribution in [3.05, 3.63) is 58.1 Å². The third-order valence-corrected chi connectivity index (χ3v) is 7.99. The number of thiazole rings is 1. The van der Waals surface area contributed by atoms with Crippen molar-refractivity contribution in [3.8, 4) is 0 Å². The average molecular weight is 461 g/mol. The molecule has 2 heterocycles. The maximum atomic E-state index is 12.9. The largest absolute Gasteiger partial charge is 0.298 e. The molecule has 11 heteroatoms. The van der Waals surface area contributed by atoms with E-state index in [1.54, 1.807) is 6.07 Å². The molecule has 1 N–H and O–H groups in total. The van der Waals surface area contributed by atoms with Crippen LogP contribution in [0.2, 0.25) is 0 Å². The fraction of sp³-hybridized carbons (Fsp3) is 0.300. The number of hydrogen-bond donors (Lipinski definition) is 1. The van der Waals surface area contributed by atoms with Crippen molar-refractivity contribution in [2.24, 2.45) is 0 Å². The molecule has 0 saturated carbocycles. The van der Waals surface area contributed by atoms with Crippen molar-refractivity contribution >= 4 is 48.3 Å². The molecule has 0 bridgehead atoms. The monoisotopic (exact) mass is 460 g/mol. The molecule has 9 nitrogen and oxygen atoms in total. The number of nitro groups is 1. The zero-order valence-electron chi connectivity index (χ0n) is 16.5. The van der Waals surface area contributed by atoms with E-state index in [1.807, 2.05) is 0 Å². The number of hydrogen-bond acceptors (Lipinski definition) is 7. The number of non-ortho nitro benzene ring substituents is 1. The van der Waals surface area contributed by atoms with E-state index in [2.05, 4.69) is 10.3 Å². The van der Waals surface area contributed by atoms with Gasteiger partial charge in [0.05, 0.1) is 20.0 Å². The number of anilines is 1. The number of carbonyl (C=O) groups excluding carboxylic acids is 1. The molecule has 2 aromatic carbocycles. The minimum atomic E-state index is -3.58. The summed E-state index contributed by atoms with van der Waals surface area (Å²) >= 11 is 1.20. The molecule has 0 radical (unpaired) electrons. The smallest absolute Gasteiger partial charge is 0.271 e. The Bertz CT molecular complexity index is 1230. The van der Waals surface area contributed by atoms with E-state index in [9.17, 15) is 23.3 Å². The second kappa shape index (κ2) is 8.69. The predicted octanol–water partition coefficient (Wildman–Crippen LogP) is 4.02. The second-order valence-corrected chi connectivity index (χ2v) is 10.2. The van der Waals surface area contributed by atoms with Crippen LogP contribution < -0.4 is 5.32 Å². The molecule has 1 aliphatic rings. The number of fused-ring (bicyclic) bond motifs is 1. The first kappa shape index (κ1) is 21.3. The van der Waals surface area contributed by atoms with Gasteiger partial charge in [0.2, 0.25) is 10.0 Å². The summed E-state index contributed by atoms with van der Waals surface area (Å²) in [4.78, 5) is 27.3. The second-order valence-electron chi connectivity index (χ2n) is 7.22. The van der Waals surface area contributed by atoms with Crippen LogP contribution in [0.15, 0.2) is 47.4 Å². The highest BCUT2D eigenvalue weighted by atomic mass is 32.2. The van der Waals surface area contributed by atoms with Crippen molar-refractivity contribution in [3.63, 3.8) is 0 Å². The van der Waals surface area contributed by atoms with Crippen LogP contribution in [0.1, 0.15) is 36.0 Å². The number of nitro benzene ring substituents is 1. The summed E-state index contributed by atoms with van der Waals surface area (Å²) in [5, 5.41) is 13.9. The van der Waals surface area contributed by atoms with Gasteiger partial charge in [-0.2, -0.15) is 4.31 Å². The summed E-state index contributed by atoms with van der Waals surface area (Å²) in [6.45, 7) is 1.03.